The molecule has 0 unspecified atom stereocenters. The number of amides is 1. The highest BCUT2D eigenvalue weighted by Gasteiger charge is 2.15. The van der Waals surface area contributed by atoms with E-state index < -0.39 is 21.1 Å². The van der Waals surface area contributed by atoms with Crippen LogP contribution in [0.4, 0.5) is 5.69 Å². The summed E-state index contributed by atoms with van der Waals surface area (Å²) in [7, 11) is -0.512. The third-order valence-electron chi connectivity index (χ3n) is 4.66. The third-order valence-corrected chi connectivity index (χ3v) is 6.10. The topological polar surface area (TPSA) is 125 Å². The van der Waals surface area contributed by atoms with Crippen LogP contribution in [0.15, 0.2) is 39.0 Å². The van der Waals surface area contributed by atoms with Crippen LogP contribution in [0.25, 0.3) is 11.2 Å². The summed E-state index contributed by atoms with van der Waals surface area (Å²) in [5.41, 5.74) is -0.160. The van der Waals surface area contributed by atoms with Gasteiger partial charge in [0.25, 0.3) is 5.56 Å². The number of halogens is 1. The molecule has 160 valence electrons. The first-order chi connectivity index (χ1) is 14.0. The Balaban J connectivity index is 1.72. The van der Waals surface area contributed by atoms with E-state index in [0.29, 0.717) is 13.0 Å². The van der Waals surface area contributed by atoms with Gasteiger partial charge in [-0.05, 0) is 24.6 Å². The standard InChI is InChI=1S/C18H20ClN5O5S/c1-22-16-15(17(26)23(2)18(22)27)24(10-20-16)8-4-5-14(25)21-13-9-11(30(3,28)29)6-7-12(13)19/h6-7,9-10H,4-5,8H2,1-3H3,(H,21,25). The number of aromatic nitrogens is 4. The maximum atomic E-state index is 12.4. The Kier molecular flexibility index (Phi) is 5.86. The fraction of sp³-hybridized carbons (Fsp3) is 0.333. The molecule has 0 saturated heterocycles. The highest BCUT2D eigenvalue weighted by atomic mass is 35.5. The summed E-state index contributed by atoms with van der Waals surface area (Å²) in [4.78, 5) is 40.9. The summed E-state index contributed by atoms with van der Waals surface area (Å²) in [6.07, 6.45) is 3.01. The Morgan fingerprint density at radius 3 is 2.57 bits per heavy atom. The van der Waals surface area contributed by atoms with E-state index in [2.05, 4.69) is 10.3 Å². The van der Waals surface area contributed by atoms with Gasteiger partial charge in [-0.1, -0.05) is 11.6 Å². The van der Waals surface area contributed by atoms with E-state index in [1.807, 2.05) is 0 Å². The molecule has 2 aromatic heterocycles. The molecular weight excluding hydrogens is 434 g/mol. The first-order valence-electron chi connectivity index (χ1n) is 8.91. The van der Waals surface area contributed by atoms with Gasteiger partial charge in [-0.15, -0.1) is 0 Å². The molecule has 12 heteroatoms. The number of nitrogens with zero attached hydrogens (tertiary/aromatic N) is 4. The van der Waals surface area contributed by atoms with E-state index in [9.17, 15) is 22.8 Å². The number of imidazole rings is 1. The van der Waals surface area contributed by atoms with Gasteiger partial charge in [0.1, 0.15) is 0 Å². The second-order valence-electron chi connectivity index (χ2n) is 6.88. The lowest BCUT2D eigenvalue weighted by molar-refractivity contribution is -0.116. The lowest BCUT2D eigenvalue weighted by Crippen LogP contribution is -2.37. The molecule has 0 bridgehead atoms. The first kappa shape index (κ1) is 21.8. The molecule has 0 fully saturated rings. The minimum Gasteiger partial charge on any atom is -0.325 e. The van der Waals surface area contributed by atoms with Crippen molar-refractivity contribution in [2.45, 2.75) is 24.3 Å². The Labute approximate surface area is 176 Å². The van der Waals surface area contributed by atoms with Crippen molar-refractivity contribution < 1.29 is 13.2 Å². The predicted molar refractivity (Wildman–Crippen MR) is 113 cm³/mol. The van der Waals surface area contributed by atoms with Gasteiger partial charge < -0.3 is 9.88 Å². The minimum atomic E-state index is -3.44. The number of fused-ring (bicyclic) bond motifs is 1. The maximum Gasteiger partial charge on any atom is 0.332 e. The SMILES string of the molecule is Cn1c(=O)c2c(ncn2CCCC(=O)Nc2cc(S(C)(=O)=O)ccc2Cl)n(C)c1=O. The fourth-order valence-electron chi connectivity index (χ4n) is 3.02. The van der Waals surface area contributed by atoms with Crippen molar-refractivity contribution in [1.82, 2.24) is 18.7 Å². The molecule has 1 aromatic carbocycles. The molecule has 0 aliphatic rings. The third kappa shape index (κ3) is 4.17. The summed E-state index contributed by atoms with van der Waals surface area (Å²) in [6.45, 7) is 0.328. The smallest absolute Gasteiger partial charge is 0.325 e. The van der Waals surface area contributed by atoms with Crippen molar-refractivity contribution in [3.05, 3.63) is 50.4 Å². The molecule has 1 amide bonds. The van der Waals surface area contributed by atoms with E-state index in [1.165, 1.54) is 43.2 Å². The summed E-state index contributed by atoms with van der Waals surface area (Å²) >= 11 is 6.04. The molecule has 10 nitrogen and oxygen atoms in total. The average Bonchev–Trinajstić information content (AvgIpc) is 3.09. The van der Waals surface area contributed by atoms with Gasteiger partial charge in [-0.3, -0.25) is 18.7 Å². The van der Waals surface area contributed by atoms with Crippen LogP contribution in [-0.2, 0) is 35.3 Å². The second kappa shape index (κ2) is 8.07. The van der Waals surface area contributed by atoms with E-state index >= 15 is 0 Å². The molecular formula is C18H20ClN5O5S. The quantitative estimate of drug-likeness (QED) is 0.591. The Bertz CT molecular complexity index is 1370. The second-order valence-corrected chi connectivity index (χ2v) is 9.30. The van der Waals surface area contributed by atoms with Crippen molar-refractivity contribution in [2.24, 2.45) is 14.1 Å². The van der Waals surface area contributed by atoms with Crippen LogP contribution in [-0.4, -0.2) is 39.3 Å². The number of rotatable bonds is 6. The fourth-order valence-corrected chi connectivity index (χ4v) is 3.83. The van der Waals surface area contributed by atoms with E-state index in [-0.39, 0.29) is 39.1 Å². The number of hydrogen-bond acceptors (Lipinski definition) is 6. The van der Waals surface area contributed by atoms with E-state index in [1.54, 1.807) is 4.57 Å². The number of aryl methyl sites for hydroxylation is 2. The van der Waals surface area contributed by atoms with Crippen molar-refractivity contribution in [3.8, 4) is 0 Å². The van der Waals surface area contributed by atoms with Crippen LogP contribution >= 0.6 is 11.6 Å². The molecule has 0 saturated carbocycles. The Morgan fingerprint density at radius 2 is 1.90 bits per heavy atom. The zero-order chi connectivity index (χ0) is 22.2. The van der Waals surface area contributed by atoms with Crippen molar-refractivity contribution in [2.75, 3.05) is 11.6 Å². The molecule has 0 radical (unpaired) electrons. The largest absolute Gasteiger partial charge is 0.332 e. The van der Waals surface area contributed by atoms with Crippen LogP contribution in [0.1, 0.15) is 12.8 Å². The van der Waals surface area contributed by atoms with Gasteiger partial charge in [0.2, 0.25) is 5.91 Å². The normalized spacial score (nSPS) is 11.7. The number of sulfone groups is 1. The van der Waals surface area contributed by atoms with E-state index in [4.69, 9.17) is 11.6 Å². The van der Waals surface area contributed by atoms with Crippen molar-refractivity contribution >= 4 is 44.2 Å². The predicted octanol–water partition coefficient (Wildman–Crippen LogP) is 0.909. The van der Waals surface area contributed by atoms with Crippen molar-refractivity contribution in [1.29, 1.82) is 0 Å². The number of carbonyl (C=O) groups excluding carboxylic acids is 1. The lowest BCUT2D eigenvalue weighted by Gasteiger charge is -2.10. The van der Waals surface area contributed by atoms with Gasteiger partial charge in [-0.25, -0.2) is 18.2 Å². The van der Waals surface area contributed by atoms with Crippen LogP contribution in [0, 0.1) is 0 Å². The van der Waals surface area contributed by atoms with Gasteiger partial charge in [0.05, 0.1) is 21.9 Å². The Morgan fingerprint density at radius 1 is 1.20 bits per heavy atom. The first-order valence-corrected chi connectivity index (χ1v) is 11.2. The van der Waals surface area contributed by atoms with Crippen molar-refractivity contribution in [3.63, 3.8) is 0 Å². The van der Waals surface area contributed by atoms with Gasteiger partial charge in [0.15, 0.2) is 21.0 Å². The maximum absolute atomic E-state index is 12.4. The summed E-state index contributed by atoms with van der Waals surface area (Å²) < 4.78 is 27.2. The summed E-state index contributed by atoms with van der Waals surface area (Å²) in [5.74, 6) is -0.354. The van der Waals surface area contributed by atoms with Gasteiger partial charge >= 0.3 is 5.69 Å². The molecule has 30 heavy (non-hydrogen) atoms. The highest BCUT2D eigenvalue weighted by molar-refractivity contribution is 7.90. The number of anilines is 1. The average molecular weight is 454 g/mol. The summed E-state index contributed by atoms with van der Waals surface area (Å²) in [6, 6.07) is 4.08. The zero-order valence-corrected chi connectivity index (χ0v) is 18.1. The number of carbonyl (C=O) groups is 1. The monoisotopic (exact) mass is 453 g/mol. The van der Waals surface area contributed by atoms with Crippen LogP contribution in [0.3, 0.4) is 0 Å². The molecule has 0 spiro atoms. The molecule has 0 aliphatic carbocycles. The highest BCUT2D eigenvalue weighted by Crippen LogP contribution is 2.25. The van der Waals surface area contributed by atoms with E-state index in [0.717, 1.165) is 10.8 Å². The lowest BCUT2D eigenvalue weighted by atomic mass is 10.2. The van der Waals surface area contributed by atoms with Gasteiger partial charge in [-0.2, -0.15) is 0 Å². The van der Waals surface area contributed by atoms with Crippen LogP contribution in [0.5, 0.6) is 0 Å². The van der Waals surface area contributed by atoms with Crippen LogP contribution in [0.2, 0.25) is 5.02 Å². The molecule has 0 atom stereocenters. The minimum absolute atomic E-state index is 0.0496. The number of benzene rings is 1. The Hall–Kier alpha value is -2.92. The molecule has 3 rings (SSSR count). The molecule has 3 aromatic rings. The molecule has 1 N–H and O–H groups in total. The molecule has 0 aliphatic heterocycles. The van der Waals surface area contributed by atoms with Crippen LogP contribution < -0.4 is 16.6 Å². The number of nitrogens with one attached hydrogen (secondary N) is 1. The number of hydrogen-bond donors (Lipinski definition) is 1. The summed E-state index contributed by atoms with van der Waals surface area (Å²) in [5, 5.41) is 2.83. The van der Waals surface area contributed by atoms with Gasteiger partial charge in [0, 0.05) is 33.3 Å². The zero-order valence-electron chi connectivity index (χ0n) is 16.5. The molecule has 2 heterocycles.